The van der Waals surface area contributed by atoms with Crippen LogP contribution >= 0.6 is 0 Å². The average molecular weight is 349 g/mol. The number of anilines is 1. The molecular formula is C18H19N7O. The lowest BCUT2D eigenvalue weighted by molar-refractivity contribution is -0.129. The largest absolute Gasteiger partial charge is 0.367 e. The molecule has 0 aromatic carbocycles. The fourth-order valence-corrected chi connectivity index (χ4v) is 3.89. The maximum atomic E-state index is 12.7. The van der Waals surface area contributed by atoms with Gasteiger partial charge < -0.3 is 10.2 Å². The van der Waals surface area contributed by atoms with Gasteiger partial charge in [-0.25, -0.2) is 4.98 Å². The second kappa shape index (κ2) is 6.05. The number of carbonyl (C=O) groups is 1. The number of aromatic nitrogens is 5. The van der Waals surface area contributed by atoms with Gasteiger partial charge in [-0.2, -0.15) is 0 Å². The number of hydrogen-bond acceptors (Lipinski definition) is 6. The first-order valence-electron chi connectivity index (χ1n) is 8.90. The summed E-state index contributed by atoms with van der Waals surface area (Å²) in [6, 6.07) is 4.45. The minimum atomic E-state index is 0.0637. The molecule has 3 aromatic rings. The Hall–Kier alpha value is -3.03. The third-order valence-electron chi connectivity index (χ3n) is 5.18. The molecule has 8 nitrogen and oxygen atoms in total. The van der Waals surface area contributed by atoms with Gasteiger partial charge in [-0.05, 0) is 24.5 Å². The zero-order valence-corrected chi connectivity index (χ0v) is 14.2. The van der Waals surface area contributed by atoms with Crippen LogP contribution in [0.3, 0.4) is 0 Å². The number of likely N-dealkylation sites (tertiary alicyclic amines) is 1. The molecule has 3 aromatic heterocycles. The summed E-state index contributed by atoms with van der Waals surface area (Å²) in [5.74, 6) is 1.09. The number of carbonyl (C=O) groups excluding carboxylic acids is 1. The van der Waals surface area contributed by atoms with E-state index in [9.17, 15) is 4.79 Å². The minimum absolute atomic E-state index is 0.0637. The van der Waals surface area contributed by atoms with Gasteiger partial charge in [0.15, 0.2) is 5.82 Å². The number of amides is 1. The summed E-state index contributed by atoms with van der Waals surface area (Å²) < 4.78 is 1.82. The van der Waals surface area contributed by atoms with Crippen LogP contribution < -0.4 is 5.32 Å². The highest BCUT2D eigenvalue weighted by molar-refractivity contribution is 5.80. The fourth-order valence-electron chi connectivity index (χ4n) is 3.89. The molecule has 1 aliphatic heterocycles. The summed E-state index contributed by atoms with van der Waals surface area (Å²) in [4.78, 5) is 23.4. The van der Waals surface area contributed by atoms with Gasteiger partial charge in [-0.3, -0.25) is 14.2 Å². The van der Waals surface area contributed by atoms with E-state index in [1.807, 2.05) is 22.9 Å². The van der Waals surface area contributed by atoms with Crippen molar-refractivity contribution in [2.45, 2.75) is 31.3 Å². The van der Waals surface area contributed by atoms with Gasteiger partial charge in [0, 0.05) is 49.7 Å². The molecule has 1 saturated heterocycles. The quantitative estimate of drug-likeness (QED) is 0.754. The number of nitrogens with one attached hydrogen (secondary N) is 1. The molecular weight excluding hydrogens is 330 g/mol. The van der Waals surface area contributed by atoms with Crippen LogP contribution in [-0.2, 0) is 4.79 Å². The van der Waals surface area contributed by atoms with Crippen LogP contribution in [0, 0.1) is 5.92 Å². The molecule has 8 heteroatoms. The van der Waals surface area contributed by atoms with E-state index in [2.05, 4.69) is 36.4 Å². The molecule has 0 spiro atoms. The van der Waals surface area contributed by atoms with Crippen molar-refractivity contribution in [2.24, 2.45) is 5.92 Å². The summed E-state index contributed by atoms with van der Waals surface area (Å²) in [6.45, 7) is 0.647. The topological polar surface area (TPSA) is 88.3 Å². The fraction of sp³-hybridized carbons (Fsp3) is 0.389. The van der Waals surface area contributed by atoms with Crippen molar-refractivity contribution in [1.29, 1.82) is 0 Å². The van der Waals surface area contributed by atoms with Crippen molar-refractivity contribution in [2.75, 3.05) is 11.9 Å². The number of nitrogens with zero attached hydrogens (tertiary/aromatic N) is 6. The summed E-state index contributed by atoms with van der Waals surface area (Å²) in [7, 11) is 0. The Kier molecular flexibility index (Phi) is 3.55. The van der Waals surface area contributed by atoms with Gasteiger partial charge in [-0.1, -0.05) is 6.07 Å². The zero-order valence-electron chi connectivity index (χ0n) is 14.2. The monoisotopic (exact) mass is 349 g/mol. The first-order valence-corrected chi connectivity index (χ1v) is 8.90. The van der Waals surface area contributed by atoms with E-state index in [0.29, 0.717) is 30.5 Å². The first kappa shape index (κ1) is 15.2. The van der Waals surface area contributed by atoms with Crippen LogP contribution in [-0.4, -0.2) is 48.0 Å². The third-order valence-corrected chi connectivity index (χ3v) is 5.18. The molecule has 5 rings (SSSR count). The van der Waals surface area contributed by atoms with Gasteiger partial charge >= 0.3 is 0 Å². The van der Waals surface area contributed by atoms with Crippen molar-refractivity contribution in [3.63, 3.8) is 0 Å². The Morgan fingerprint density at radius 3 is 3.00 bits per heavy atom. The van der Waals surface area contributed by atoms with E-state index in [1.165, 1.54) is 0 Å². The summed E-state index contributed by atoms with van der Waals surface area (Å²) in [5.41, 5.74) is 1.79. The van der Waals surface area contributed by atoms with Crippen LogP contribution in [0.1, 0.15) is 30.9 Å². The molecule has 1 saturated carbocycles. The molecule has 1 N–H and O–H groups in total. The van der Waals surface area contributed by atoms with E-state index in [4.69, 9.17) is 0 Å². The molecule has 26 heavy (non-hydrogen) atoms. The summed E-state index contributed by atoms with van der Waals surface area (Å²) in [5, 5.41) is 11.4. The second-order valence-electron chi connectivity index (χ2n) is 6.95. The predicted molar refractivity (Wildman–Crippen MR) is 94.2 cm³/mol. The Morgan fingerprint density at radius 2 is 2.19 bits per heavy atom. The summed E-state index contributed by atoms with van der Waals surface area (Å²) >= 11 is 0. The van der Waals surface area contributed by atoms with Crippen molar-refractivity contribution in [3.05, 3.63) is 48.8 Å². The molecule has 1 amide bonds. The first-order chi connectivity index (χ1) is 12.8. The molecule has 0 unspecified atom stereocenters. The van der Waals surface area contributed by atoms with E-state index >= 15 is 0 Å². The van der Waals surface area contributed by atoms with Crippen molar-refractivity contribution in [1.82, 2.24) is 29.5 Å². The number of hydrogen-bond donors (Lipinski definition) is 1. The summed E-state index contributed by atoms with van der Waals surface area (Å²) in [6.07, 6.45) is 11.6. The van der Waals surface area contributed by atoms with Crippen LogP contribution in [0.2, 0.25) is 0 Å². The van der Waals surface area contributed by atoms with Crippen LogP contribution in [0.5, 0.6) is 0 Å². The van der Waals surface area contributed by atoms with Gasteiger partial charge in [0.25, 0.3) is 0 Å². The van der Waals surface area contributed by atoms with Gasteiger partial charge in [0.1, 0.15) is 6.33 Å². The van der Waals surface area contributed by atoms with E-state index in [0.717, 1.165) is 18.4 Å². The number of rotatable bonds is 5. The highest BCUT2D eigenvalue weighted by atomic mass is 16.2. The molecule has 2 fully saturated rings. The third kappa shape index (κ3) is 2.58. The molecule has 2 atom stereocenters. The molecule has 0 bridgehead atoms. The Balaban J connectivity index is 1.41. The Labute approximate surface area is 150 Å². The maximum Gasteiger partial charge on any atom is 0.223 e. The second-order valence-corrected chi connectivity index (χ2v) is 6.95. The number of pyridine rings is 1. The standard InChI is InChI=1S/C18H19N7O/c26-15-8-13(10-21-17-18-23-22-11-24(18)7-6-20-17)16(25(15)14-3-4-14)12-2-1-5-19-9-12/h1-2,5-7,9,11,13-14,16H,3-4,8,10H2,(H,20,21)/t13-,16-/m0/s1. The van der Waals surface area contributed by atoms with Gasteiger partial charge in [-0.15, -0.1) is 10.2 Å². The van der Waals surface area contributed by atoms with E-state index in [-0.39, 0.29) is 17.9 Å². The highest BCUT2D eigenvalue weighted by Gasteiger charge is 2.47. The smallest absolute Gasteiger partial charge is 0.223 e. The van der Waals surface area contributed by atoms with Crippen LogP contribution in [0.25, 0.3) is 5.65 Å². The zero-order chi connectivity index (χ0) is 17.5. The van der Waals surface area contributed by atoms with Gasteiger partial charge in [0.2, 0.25) is 11.6 Å². The van der Waals surface area contributed by atoms with Crippen molar-refractivity contribution < 1.29 is 4.79 Å². The lowest BCUT2D eigenvalue weighted by Crippen LogP contribution is -2.32. The average Bonchev–Trinajstić information content (AvgIpc) is 3.28. The van der Waals surface area contributed by atoms with Crippen LogP contribution in [0.15, 0.2) is 43.2 Å². The Morgan fingerprint density at radius 1 is 1.27 bits per heavy atom. The van der Waals surface area contributed by atoms with Crippen LogP contribution in [0.4, 0.5) is 5.82 Å². The minimum Gasteiger partial charge on any atom is -0.367 e. The lowest BCUT2D eigenvalue weighted by atomic mass is 9.94. The molecule has 132 valence electrons. The SMILES string of the molecule is O=C1C[C@@H](CNc2nccn3cnnc23)[C@H](c2cccnc2)N1C1CC1. The van der Waals surface area contributed by atoms with E-state index in [1.54, 1.807) is 18.7 Å². The van der Waals surface area contributed by atoms with Crippen molar-refractivity contribution >= 4 is 17.4 Å². The molecule has 2 aliphatic rings. The Bertz CT molecular complexity index is 937. The molecule has 1 aliphatic carbocycles. The number of fused-ring (bicyclic) bond motifs is 1. The van der Waals surface area contributed by atoms with Gasteiger partial charge in [0.05, 0.1) is 6.04 Å². The molecule has 0 radical (unpaired) electrons. The van der Waals surface area contributed by atoms with E-state index < -0.39 is 0 Å². The van der Waals surface area contributed by atoms with Crippen molar-refractivity contribution in [3.8, 4) is 0 Å². The highest BCUT2D eigenvalue weighted by Crippen LogP contribution is 2.44. The predicted octanol–water partition coefficient (Wildman–Crippen LogP) is 1.68. The maximum absolute atomic E-state index is 12.7. The normalized spacial score (nSPS) is 22.9. The molecule has 4 heterocycles. The lowest BCUT2D eigenvalue weighted by Gasteiger charge is -2.28.